The summed E-state index contributed by atoms with van der Waals surface area (Å²) in [5.74, 6) is 1.24. The summed E-state index contributed by atoms with van der Waals surface area (Å²) in [6.07, 6.45) is 1.99. The van der Waals surface area contributed by atoms with Crippen molar-refractivity contribution in [2.75, 3.05) is 32.8 Å². The Morgan fingerprint density at radius 2 is 1.52 bits per heavy atom. The molecule has 0 bridgehead atoms. The lowest BCUT2D eigenvalue weighted by Gasteiger charge is -2.40. The van der Waals surface area contributed by atoms with E-state index in [2.05, 4.69) is 4.57 Å². The van der Waals surface area contributed by atoms with Crippen LogP contribution in [-0.4, -0.2) is 55.2 Å². The first-order chi connectivity index (χ1) is 19.4. The highest BCUT2D eigenvalue weighted by Crippen LogP contribution is 2.45. The molecule has 2 heterocycles. The number of methoxy groups -OCH3 is 3. The Labute approximate surface area is 234 Å². The molecule has 1 aromatic heterocycles. The number of anilines is 1. The fraction of sp³-hybridized carbons (Fsp3) is 0.250. The molecular formula is C32H33N3O5. The first kappa shape index (κ1) is 26.9. The summed E-state index contributed by atoms with van der Waals surface area (Å²) in [6.45, 7) is 3.67. The first-order valence-electron chi connectivity index (χ1n) is 13.1. The lowest BCUT2D eigenvalue weighted by atomic mass is 9.96. The molecule has 1 atom stereocenters. The summed E-state index contributed by atoms with van der Waals surface area (Å²) in [7, 11) is 4.75. The summed E-state index contributed by atoms with van der Waals surface area (Å²) < 4.78 is 18.8. The number of fused-ring (bicyclic) bond motifs is 3. The van der Waals surface area contributed by atoms with E-state index in [4.69, 9.17) is 14.2 Å². The smallest absolute Gasteiger partial charge is 0.258 e. The number of hydrogen-bond acceptors (Lipinski definition) is 5. The number of aromatic nitrogens is 1. The monoisotopic (exact) mass is 539 g/mol. The van der Waals surface area contributed by atoms with Gasteiger partial charge in [-0.3, -0.25) is 14.5 Å². The highest BCUT2D eigenvalue weighted by Gasteiger charge is 2.39. The zero-order valence-corrected chi connectivity index (χ0v) is 23.3. The maximum Gasteiger partial charge on any atom is 0.258 e. The molecule has 0 aliphatic carbocycles. The molecule has 2 amide bonds. The van der Waals surface area contributed by atoms with E-state index in [1.165, 1.54) is 7.11 Å². The number of nitrogens with zero attached hydrogens (tertiary/aromatic N) is 3. The number of ether oxygens (including phenoxy) is 3. The predicted molar refractivity (Wildman–Crippen MR) is 154 cm³/mol. The number of rotatable bonds is 8. The Morgan fingerprint density at radius 1 is 0.825 bits per heavy atom. The van der Waals surface area contributed by atoms with Crippen molar-refractivity contribution in [2.24, 2.45) is 0 Å². The molecule has 5 rings (SSSR count). The van der Waals surface area contributed by atoms with Gasteiger partial charge in [-0.1, -0.05) is 24.3 Å². The van der Waals surface area contributed by atoms with Gasteiger partial charge in [0.15, 0.2) is 0 Å². The van der Waals surface area contributed by atoms with Crippen LogP contribution in [0.1, 0.15) is 41.5 Å². The van der Waals surface area contributed by atoms with Gasteiger partial charge in [0.05, 0.1) is 44.0 Å². The zero-order valence-electron chi connectivity index (χ0n) is 23.3. The van der Waals surface area contributed by atoms with Crippen molar-refractivity contribution in [3.8, 4) is 22.9 Å². The SMILES string of the molecule is COc1ccc(OC)c(C2c3cccn3-c3ccccc3N2C(=O)CN(C(=O)c2ccccc2OC)C(C)C)c1. The lowest BCUT2D eigenvalue weighted by molar-refractivity contribution is -0.120. The summed E-state index contributed by atoms with van der Waals surface area (Å²) >= 11 is 0. The first-order valence-corrected chi connectivity index (χ1v) is 13.1. The lowest BCUT2D eigenvalue weighted by Crippen LogP contribution is -2.48. The van der Waals surface area contributed by atoms with Crippen LogP contribution >= 0.6 is 0 Å². The van der Waals surface area contributed by atoms with E-state index >= 15 is 0 Å². The van der Waals surface area contributed by atoms with Crippen LogP contribution in [0.15, 0.2) is 85.1 Å². The molecule has 3 aromatic carbocycles. The number of para-hydroxylation sites is 3. The van der Waals surface area contributed by atoms with Crippen LogP contribution in [0.2, 0.25) is 0 Å². The third-order valence-electron chi connectivity index (χ3n) is 7.25. The van der Waals surface area contributed by atoms with Gasteiger partial charge in [0.25, 0.3) is 5.91 Å². The minimum atomic E-state index is -0.530. The molecule has 0 spiro atoms. The van der Waals surface area contributed by atoms with Gasteiger partial charge >= 0.3 is 0 Å². The minimum Gasteiger partial charge on any atom is -0.497 e. The van der Waals surface area contributed by atoms with Gasteiger partial charge in [0.1, 0.15) is 29.8 Å². The van der Waals surface area contributed by atoms with Crippen LogP contribution < -0.4 is 19.1 Å². The van der Waals surface area contributed by atoms with E-state index in [9.17, 15) is 9.59 Å². The molecule has 0 radical (unpaired) electrons. The predicted octanol–water partition coefficient (Wildman–Crippen LogP) is 5.49. The van der Waals surface area contributed by atoms with Crippen molar-refractivity contribution in [3.63, 3.8) is 0 Å². The molecule has 1 aliphatic heterocycles. The molecule has 1 unspecified atom stereocenters. The van der Waals surface area contributed by atoms with E-state index in [1.807, 2.05) is 80.7 Å². The van der Waals surface area contributed by atoms with Gasteiger partial charge in [0, 0.05) is 17.8 Å². The molecule has 8 nitrogen and oxygen atoms in total. The normalized spacial score (nSPS) is 13.8. The topological polar surface area (TPSA) is 73.2 Å². The van der Waals surface area contributed by atoms with Crippen LogP contribution in [0.4, 0.5) is 5.69 Å². The van der Waals surface area contributed by atoms with E-state index < -0.39 is 6.04 Å². The van der Waals surface area contributed by atoms with Crippen LogP contribution in [0.3, 0.4) is 0 Å². The van der Waals surface area contributed by atoms with Gasteiger partial charge in [-0.2, -0.15) is 0 Å². The summed E-state index contributed by atoms with van der Waals surface area (Å²) in [6, 6.07) is 23.6. The van der Waals surface area contributed by atoms with Crippen LogP contribution in [0, 0.1) is 0 Å². The number of amides is 2. The molecule has 206 valence electrons. The summed E-state index contributed by atoms with van der Waals surface area (Å²) in [5, 5.41) is 0. The quantitative estimate of drug-likeness (QED) is 0.296. The van der Waals surface area contributed by atoms with E-state index in [0.29, 0.717) is 22.8 Å². The summed E-state index contributed by atoms with van der Waals surface area (Å²) in [5.41, 5.74) is 3.69. The third kappa shape index (κ3) is 4.66. The maximum atomic E-state index is 14.5. The van der Waals surface area contributed by atoms with Crippen molar-refractivity contribution in [1.29, 1.82) is 0 Å². The second kappa shape index (κ2) is 11.2. The van der Waals surface area contributed by atoms with Crippen LogP contribution in [0.25, 0.3) is 5.69 Å². The van der Waals surface area contributed by atoms with Crippen molar-refractivity contribution in [1.82, 2.24) is 9.47 Å². The molecule has 0 N–H and O–H groups in total. The van der Waals surface area contributed by atoms with Crippen LogP contribution in [0.5, 0.6) is 17.2 Å². The standard InChI is InChI=1S/C32H33N3O5/c1-21(2)34(32(37)23-11-6-9-15-28(23)39-4)20-30(36)35-26-13-8-7-12-25(26)33-18-10-14-27(33)31(35)24-19-22(38-3)16-17-29(24)40-5/h6-19,21,31H,20H2,1-5H3. The van der Waals surface area contributed by atoms with Crippen molar-refractivity contribution >= 4 is 17.5 Å². The Bertz CT molecular complexity index is 1540. The van der Waals surface area contributed by atoms with E-state index in [1.54, 1.807) is 42.2 Å². The molecule has 0 fully saturated rings. The third-order valence-corrected chi connectivity index (χ3v) is 7.25. The molecule has 4 aromatic rings. The zero-order chi connectivity index (χ0) is 28.4. The van der Waals surface area contributed by atoms with Gasteiger partial charge in [0.2, 0.25) is 5.91 Å². The number of carbonyl (C=O) groups excluding carboxylic acids is 2. The Kier molecular flexibility index (Phi) is 7.51. The molecule has 1 aliphatic rings. The number of carbonyl (C=O) groups is 2. The van der Waals surface area contributed by atoms with E-state index in [0.717, 1.165) is 22.6 Å². The molecule has 40 heavy (non-hydrogen) atoms. The van der Waals surface area contributed by atoms with Gasteiger partial charge in [-0.05, 0) is 68.4 Å². The van der Waals surface area contributed by atoms with Gasteiger partial charge in [-0.15, -0.1) is 0 Å². The van der Waals surface area contributed by atoms with Crippen molar-refractivity contribution < 1.29 is 23.8 Å². The Balaban J connectivity index is 1.63. The fourth-order valence-corrected chi connectivity index (χ4v) is 5.30. The molecule has 0 saturated carbocycles. The Hall–Kier alpha value is -4.72. The maximum absolute atomic E-state index is 14.5. The van der Waals surface area contributed by atoms with E-state index in [-0.39, 0.29) is 24.4 Å². The Morgan fingerprint density at radius 3 is 2.23 bits per heavy atom. The molecular weight excluding hydrogens is 506 g/mol. The highest BCUT2D eigenvalue weighted by atomic mass is 16.5. The van der Waals surface area contributed by atoms with Crippen LogP contribution in [-0.2, 0) is 4.79 Å². The second-order valence-corrected chi connectivity index (χ2v) is 9.79. The van der Waals surface area contributed by atoms with Crippen molar-refractivity contribution in [3.05, 3.63) is 102 Å². The second-order valence-electron chi connectivity index (χ2n) is 9.79. The average molecular weight is 540 g/mol. The molecule has 8 heteroatoms. The van der Waals surface area contributed by atoms with Gasteiger partial charge in [-0.25, -0.2) is 0 Å². The molecule has 0 saturated heterocycles. The number of hydrogen-bond donors (Lipinski definition) is 0. The minimum absolute atomic E-state index is 0.133. The average Bonchev–Trinajstić information content (AvgIpc) is 3.48. The van der Waals surface area contributed by atoms with Gasteiger partial charge < -0.3 is 23.7 Å². The highest BCUT2D eigenvalue weighted by molar-refractivity contribution is 6.03. The van der Waals surface area contributed by atoms with Crippen molar-refractivity contribution in [2.45, 2.75) is 25.9 Å². The fourth-order valence-electron chi connectivity index (χ4n) is 5.30. The summed E-state index contributed by atoms with van der Waals surface area (Å²) in [4.78, 5) is 31.6. The number of benzene rings is 3. The largest absolute Gasteiger partial charge is 0.497 e.